The van der Waals surface area contributed by atoms with Crippen LogP contribution in [-0.4, -0.2) is 6.21 Å². The Kier molecular flexibility index (Phi) is 4.76. The van der Waals surface area contributed by atoms with E-state index in [0.29, 0.717) is 0 Å². The first kappa shape index (κ1) is 12.1. The third-order valence-electron chi connectivity index (χ3n) is 2.49. The van der Waals surface area contributed by atoms with Gasteiger partial charge in [0.25, 0.3) is 0 Å². The minimum Gasteiger partial charge on any atom is -0.286 e. The second-order valence-electron chi connectivity index (χ2n) is 3.83. The highest BCUT2D eigenvalue weighted by Gasteiger charge is 1.95. The summed E-state index contributed by atoms with van der Waals surface area (Å²) in [5, 5.41) is 3.95. The predicted molar refractivity (Wildman–Crippen MR) is 78.2 cm³/mol. The molecular formula is C16H16N2. The number of nitrogens with one attached hydrogen (secondary N) is 1. The van der Waals surface area contributed by atoms with Crippen molar-refractivity contribution in [1.82, 2.24) is 5.43 Å². The van der Waals surface area contributed by atoms with Crippen LogP contribution >= 0.6 is 0 Å². The molecule has 0 amide bonds. The molecule has 1 aliphatic carbocycles. The molecule has 1 heterocycles. The molecule has 0 aromatic heterocycles. The highest BCUT2D eigenvalue weighted by atomic mass is 15.3. The van der Waals surface area contributed by atoms with Gasteiger partial charge in [-0.3, -0.25) is 5.43 Å². The van der Waals surface area contributed by atoms with E-state index in [1.807, 2.05) is 48.8 Å². The summed E-state index contributed by atoms with van der Waals surface area (Å²) in [7, 11) is 0. The van der Waals surface area contributed by atoms with Crippen molar-refractivity contribution in [2.75, 3.05) is 0 Å². The largest absolute Gasteiger partial charge is 0.286 e. The molecule has 1 aromatic carbocycles. The smallest absolute Gasteiger partial charge is 0.0550 e. The lowest BCUT2D eigenvalue weighted by molar-refractivity contribution is 0.985. The van der Waals surface area contributed by atoms with Gasteiger partial charge in [0.1, 0.15) is 0 Å². The van der Waals surface area contributed by atoms with Crippen LogP contribution in [0.25, 0.3) is 6.08 Å². The summed E-state index contributed by atoms with van der Waals surface area (Å²) >= 11 is 0. The summed E-state index contributed by atoms with van der Waals surface area (Å²) in [6.07, 6.45) is 19.1. The van der Waals surface area contributed by atoms with Crippen molar-refractivity contribution < 1.29 is 0 Å². The molecule has 0 radical (unpaired) electrons. The van der Waals surface area contributed by atoms with Crippen molar-refractivity contribution in [2.24, 2.45) is 5.10 Å². The molecule has 2 nitrogen and oxygen atoms in total. The van der Waals surface area contributed by atoms with Gasteiger partial charge in [0.05, 0.1) is 6.21 Å². The van der Waals surface area contributed by atoms with Crippen LogP contribution in [0.15, 0.2) is 72.0 Å². The van der Waals surface area contributed by atoms with Crippen molar-refractivity contribution in [2.45, 2.75) is 6.42 Å². The van der Waals surface area contributed by atoms with E-state index in [0.717, 1.165) is 12.0 Å². The molecule has 2 aliphatic rings. The van der Waals surface area contributed by atoms with Gasteiger partial charge in [-0.2, -0.15) is 5.10 Å². The van der Waals surface area contributed by atoms with Gasteiger partial charge >= 0.3 is 0 Å². The summed E-state index contributed by atoms with van der Waals surface area (Å²) in [5.74, 6) is 0. The zero-order chi connectivity index (χ0) is 12.5. The Hall–Kier alpha value is -2.35. The van der Waals surface area contributed by atoms with Crippen molar-refractivity contribution in [3.05, 3.63) is 78.0 Å². The molecule has 90 valence electrons. The molecule has 0 saturated heterocycles. The molecule has 18 heavy (non-hydrogen) atoms. The fourth-order valence-electron chi connectivity index (χ4n) is 1.58. The van der Waals surface area contributed by atoms with Crippen LogP contribution in [0.4, 0.5) is 0 Å². The third-order valence-corrected chi connectivity index (χ3v) is 2.49. The van der Waals surface area contributed by atoms with Crippen molar-refractivity contribution in [3.63, 3.8) is 0 Å². The molecule has 0 spiro atoms. The van der Waals surface area contributed by atoms with E-state index < -0.39 is 0 Å². The summed E-state index contributed by atoms with van der Waals surface area (Å²) < 4.78 is 0. The Morgan fingerprint density at radius 3 is 2.39 bits per heavy atom. The molecular weight excluding hydrogens is 220 g/mol. The Morgan fingerprint density at radius 1 is 0.889 bits per heavy atom. The highest BCUT2D eigenvalue weighted by molar-refractivity contribution is 5.85. The maximum absolute atomic E-state index is 3.95. The Balaban J connectivity index is 0.000000149. The van der Waals surface area contributed by atoms with Gasteiger partial charge in [-0.15, -0.1) is 0 Å². The molecule has 0 saturated carbocycles. The van der Waals surface area contributed by atoms with Crippen LogP contribution < -0.4 is 5.43 Å². The van der Waals surface area contributed by atoms with E-state index in [1.165, 1.54) is 5.56 Å². The fourth-order valence-corrected chi connectivity index (χ4v) is 1.58. The van der Waals surface area contributed by atoms with Crippen LogP contribution in [-0.2, 0) is 0 Å². The molecule has 1 aliphatic heterocycles. The summed E-state index contributed by atoms with van der Waals surface area (Å²) in [6, 6.07) is 8.12. The standard InChI is InChI=1S/C9H8N2.C7H8/c1-2-4-9-7-11-10-6-5-8(9)3-1;1-2-4-6-7-5-3-1/h1-7,10H;1-6H,7H2. The summed E-state index contributed by atoms with van der Waals surface area (Å²) in [5.41, 5.74) is 5.13. The number of rotatable bonds is 0. The lowest BCUT2D eigenvalue weighted by atomic mass is 10.1. The maximum atomic E-state index is 3.95. The van der Waals surface area contributed by atoms with Gasteiger partial charge in [0, 0.05) is 11.8 Å². The minimum atomic E-state index is 1.08. The van der Waals surface area contributed by atoms with E-state index in [1.54, 1.807) is 0 Å². The zero-order valence-electron chi connectivity index (χ0n) is 10.2. The van der Waals surface area contributed by atoms with Gasteiger partial charge in [-0.1, -0.05) is 60.7 Å². The van der Waals surface area contributed by atoms with E-state index in [4.69, 9.17) is 0 Å². The Morgan fingerprint density at radius 2 is 1.61 bits per heavy atom. The average Bonchev–Trinajstić information content (AvgIpc) is 2.84. The van der Waals surface area contributed by atoms with Gasteiger partial charge in [0.2, 0.25) is 0 Å². The second kappa shape index (κ2) is 7.07. The fraction of sp³-hybridized carbons (Fsp3) is 0.0625. The summed E-state index contributed by atoms with van der Waals surface area (Å²) in [6.45, 7) is 0. The van der Waals surface area contributed by atoms with E-state index in [9.17, 15) is 0 Å². The first-order valence-electron chi connectivity index (χ1n) is 5.99. The molecule has 0 unspecified atom stereocenters. The molecule has 0 atom stereocenters. The van der Waals surface area contributed by atoms with Crippen LogP contribution in [0.2, 0.25) is 0 Å². The number of allylic oxidation sites excluding steroid dienone is 6. The molecule has 3 rings (SSSR count). The van der Waals surface area contributed by atoms with E-state index >= 15 is 0 Å². The SMILES string of the molecule is C1=CC=CCC=C1.C1=Cc2ccccc2C=NN1. The third kappa shape index (κ3) is 3.91. The normalized spacial score (nSPS) is 14.9. The Labute approximate surface area is 108 Å². The number of benzene rings is 1. The molecule has 0 bridgehead atoms. The van der Waals surface area contributed by atoms with E-state index in [2.05, 4.69) is 40.9 Å². The van der Waals surface area contributed by atoms with Crippen LogP contribution in [0.3, 0.4) is 0 Å². The Bertz CT molecular complexity index is 475. The first-order valence-corrected chi connectivity index (χ1v) is 5.99. The number of nitrogens with zero attached hydrogens (tertiary/aromatic N) is 1. The second-order valence-corrected chi connectivity index (χ2v) is 3.83. The zero-order valence-corrected chi connectivity index (χ0v) is 10.2. The van der Waals surface area contributed by atoms with Crippen molar-refractivity contribution >= 4 is 12.3 Å². The lowest BCUT2D eigenvalue weighted by Crippen LogP contribution is -1.90. The van der Waals surface area contributed by atoms with E-state index in [-0.39, 0.29) is 0 Å². The molecule has 0 fully saturated rings. The lowest BCUT2D eigenvalue weighted by Gasteiger charge is -1.94. The quantitative estimate of drug-likeness (QED) is 0.730. The minimum absolute atomic E-state index is 1.08. The topological polar surface area (TPSA) is 24.4 Å². The van der Waals surface area contributed by atoms with Gasteiger partial charge in [-0.05, 0) is 18.1 Å². The summed E-state index contributed by atoms with van der Waals surface area (Å²) in [4.78, 5) is 0. The van der Waals surface area contributed by atoms with Crippen molar-refractivity contribution in [1.29, 1.82) is 0 Å². The number of hydrazone groups is 1. The predicted octanol–water partition coefficient (Wildman–Crippen LogP) is 3.65. The number of hydrogen-bond donors (Lipinski definition) is 1. The van der Waals surface area contributed by atoms with Crippen LogP contribution in [0, 0.1) is 0 Å². The molecule has 1 aromatic rings. The first-order chi connectivity index (χ1) is 8.97. The van der Waals surface area contributed by atoms with Crippen LogP contribution in [0.5, 0.6) is 0 Å². The van der Waals surface area contributed by atoms with Gasteiger partial charge in [0.15, 0.2) is 0 Å². The monoisotopic (exact) mass is 236 g/mol. The van der Waals surface area contributed by atoms with Crippen LogP contribution in [0.1, 0.15) is 17.5 Å². The average molecular weight is 236 g/mol. The van der Waals surface area contributed by atoms with Gasteiger partial charge < -0.3 is 0 Å². The number of fused-ring (bicyclic) bond motifs is 1. The van der Waals surface area contributed by atoms with Gasteiger partial charge in [-0.25, -0.2) is 0 Å². The molecule has 1 N–H and O–H groups in total. The van der Waals surface area contributed by atoms with Crippen molar-refractivity contribution in [3.8, 4) is 0 Å². The molecule has 2 heteroatoms. The maximum Gasteiger partial charge on any atom is 0.0550 e. The highest BCUT2D eigenvalue weighted by Crippen LogP contribution is 2.08. The number of hydrogen-bond acceptors (Lipinski definition) is 2.